The van der Waals surface area contributed by atoms with E-state index >= 15 is 0 Å². The van der Waals surface area contributed by atoms with Crippen molar-refractivity contribution in [3.63, 3.8) is 0 Å². The summed E-state index contributed by atoms with van der Waals surface area (Å²) in [6.07, 6.45) is -4.34. The van der Waals surface area contributed by atoms with Crippen molar-refractivity contribution in [2.75, 3.05) is 20.6 Å². The summed E-state index contributed by atoms with van der Waals surface area (Å²) in [5.74, 6) is -6.54. The van der Waals surface area contributed by atoms with Gasteiger partial charge in [0, 0.05) is 32.6 Å². The molecule has 262 valence electrons. The van der Waals surface area contributed by atoms with Crippen molar-refractivity contribution in [3.8, 4) is 0 Å². The Morgan fingerprint density at radius 3 is 1.92 bits per heavy atom. The topological polar surface area (TPSA) is 273 Å². The molecule has 2 aromatic carbocycles. The molecular formula is C30H40F3N9O6. The SMILES string of the molecule is CNC(=O)C(Cc1ccc(C(=N)N)cc1)C(=O)N(C)C(Cc1ccccc1)C(=O)N[C@@H](CCCN=C(N)N)C(N)=O.O=C(O)C(F)(F)F. The number of carbonyl (C=O) groups is 5. The summed E-state index contributed by atoms with van der Waals surface area (Å²) >= 11 is 0. The van der Waals surface area contributed by atoms with Crippen molar-refractivity contribution in [1.29, 1.82) is 5.41 Å². The molecule has 0 fully saturated rings. The van der Waals surface area contributed by atoms with Crippen LogP contribution in [0.15, 0.2) is 59.6 Å². The smallest absolute Gasteiger partial charge is 0.475 e. The Balaban J connectivity index is 0.00000148. The number of aliphatic carboxylic acids is 1. The zero-order chi connectivity index (χ0) is 36.6. The van der Waals surface area contributed by atoms with Crippen molar-refractivity contribution in [2.45, 2.75) is 43.9 Å². The zero-order valence-corrected chi connectivity index (χ0v) is 26.3. The minimum Gasteiger partial charge on any atom is -0.475 e. The molecule has 2 aromatic rings. The van der Waals surface area contributed by atoms with Crippen LogP contribution in [0.3, 0.4) is 0 Å². The van der Waals surface area contributed by atoms with Crippen LogP contribution in [-0.4, -0.2) is 90.3 Å². The number of nitrogen functional groups attached to an aromatic ring is 1. The first-order valence-electron chi connectivity index (χ1n) is 14.3. The normalized spacial score (nSPS) is 12.5. The van der Waals surface area contributed by atoms with Crippen LogP contribution in [0.25, 0.3) is 0 Å². The first-order valence-corrected chi connectivity index (χ1v) is 14.3. The van der Waals surface area contributed by atoms with Gasteiger partial charge in [-0.15, -0.1) is 0 Å². The van der Waals surface area contributed by atoms with Crippen molar-refractivity contribution in [1.82, 2.24) is 15.5 Å². The van der Waals surface area contributed by atoms with Crippen molar-refractivity contribution < 1.29 is 42.3 Å². The summed E-state index contributed by atoms with van der Waals surface area (Å²) in [6, 6.07) is 13.6. The number of amides is 4. The summed E-state index contributed by atoms with van der Waals surface area (Å²) in [4.78, 5) is 66.3. The average Bonchev–Trinajstić information content (AvgIpc) is 3.03. The Labute approximate surface area is 274 Å². The van der Waals surface area contributed by atoms with E-state index in [1.807, 2.05) is 18.2 Å². The molecule has 48 heavy (non-hydrogen) atoms. The molecule has 12 N–H and O–H groups in total. The Kier molecular flexibility index (Phi) is 16.0. The van der Waals surface area contributed by atoms with Gasteiger partial charge in [-0.25, -0.2) is 4.79 Å². The number of halogens is 3. The number of carboxylic acid groups (broad SMARTS) is 1. The average molecular weight is 680 g/mol. The molecule has 0 aliphatic carbocycles. The van der Waals surface area contributed by atoms with Crippen LogP contribution >= 0.6 is 0 Å². The van der Waals surface area contributed by atoms with E-state index in [1.165, 1.54) is 19.0 Å². The van der Waals surface area contributed by atoms with E-state index in [1.54, 1.807) is 36.4 Å². The van der Waals surface area contributed by atoms with Crippen LogP contribution in [0.5, 0.6) is 0 Å². The molecule has 2 rings (SSSR count). The van der Waals surface area contributed by atoms with Crippen LogP contribution < -0.4 is 33.6 Å². The number of amidine groups is 1. The van der Waals surface area contributed by atoms with Crippen molar-refractivity contribution in [3.05, 3.63) is 71.3 Å². The van der Waals surface area contributed by atoms with Gasteiger partial charge in [0.25, 0.3) is 0 Å². The quantitative estimate of drug-likeness (QED) is 0.0526. The molecule has 0 saturated carbocycles. The highest BCUT2D eigenvalue weighted by Gasteiger charge is 2.38. The first kappa shape index (κ1) is 40.3. The van der Waals surface area contributed by atoms with E-state index in [-0.39, 0.29) is 37.6 Å². The van der Waals surface area contributed by atoms with Gasteiger partial charge in [-0.2, -0.15) is 13.2 Å². The molecule has 0 heterocycles. The lowest BCUT2D eigenvalue weighted by Gasteiger charge is -2.31. The Hall–Kier alpha value is -5.68. The third-order valence-corrected chi connectivity index (χ3v) is 6.80. The van der Waals surface area contributed by atoms with E-state index in [0.29, 0.717) is 17.5 Å². The molecule has 0 radical (unpaired) electrons. The Morgan fingerprint density at radius 2 is 1.46 bits per heavy atom. The second-order valence-corrected chi connectivity index (χ2v) is 10.4. The lowest BCUT2D eigenvalue weighted by molar-refractivity contribution is -0.192. The number of likely N-dealkylation sites (N-methyl/N-ethyl adjacent to an activating group) is 1. The minimum atomic E-state index is -5.08. The third kappa shape index (κ3) is 13.8. The highest BCUT2D eigenvalue weighted by Crippen LogP contribution is 2.18. The molecule has 3 atom stereocenters. The molecule has 18 heteroatoms. The van der Waals surface area contributed by atoms with E-state index < -0.39 is 53.8 Å². The highest BCUT2D eigenvalue weighted by atomic mass is 19.4. The van der Waals surface area contributed by atoms with Gasteiger partial charge >= 0.3 is 12.1 Å². The largest absolute Gasteiger partial charge is 0.490 e. The van der Waals surface area contributed by atoms with Gasteiger partial charge in [-0.3, -0.25) is 29.6 Å². The molecule has 0 spiro atoms. The molecule has 15 nitrogen and oxygen atoms in total. The monoisotopic (exact) mass is 679 g/mol. The van der Waals surface area contributed by atoms with Crippen LogP contribution in [0.1, 0.15) is 29.5 Å². The van der Waals surface area contributed by atoms with E-state index in [2.05, 4.69) is 15.6 Å². The van der Waals surface area contributed by atoms with Crippen LogP contribution in [0.4, 0.5) is 13.2 Å². The van der Waals surface area contributed by atoms with Crippen molar-refractivity contribution >= 4 is 41.4 Å². The summed E-state index contributed by atoms with van der Waals surface area (Å²) < 4.78 is 31.7. The second-order valence-electron chi connectivity index (χ2n) is 10.4. The number of guanidine groups is 1. The number of hydrogen-bond acceptors (Lipinski definition) is 7. The van der Waals surface area contributed by atoms with Gasteiger partial charge in [-0.05, 0) is 30.4 Å². The van der Waals surface area contributed by atoms with Crippen LogP contribution in [-0.2, 0) is 36.8 Å². The number of primary amides is 1. The highest BCUT2D eigenvalue weighted by molar-refractivity contribution is 6.02. The number of carboxylic acids is 1. The molecular weight excluding hydrogens is 639 g/mol. The fourth-order valence-corrected chi connectivity index (χ4v) is 4.22. The molecule has 0 aliphatic heterocycles. The Morgan fingerprint density at radius 1 is 0.917 bits per heavy atom. The number of alkyl halides is 3. The standard InChI is InChI=1S/C28H39N9O4.C2HF3O2/c1-34-25(39)20(15-18-10-12-19(13-11-18)23(29)30)27(41)37(2)22(16-17-7-4-3-5-8-17)26(40)36-21(24(31)38)9-6-14-35-28(32)33;3-2(4,5)1(6)7/h3-5,7-8,10-13,20-22H,6,9,14-16H2,1-2H3,(H3,29,30)(H2,31,38)(H,34,39)(H,36,40)(H4,32,33,35);(H,6,7)/t20?,21-,22?;/m0./s1. The minimum absolute atomic E-state index is 0.0510. The molecule has 0 saturated heterocycles. The maximum absolute atomic E-state index is 13.8. The number of rotatable bonds is 15. The summed E-state index contributed by atoms with van der Waals surface area (Å²) in [5, 5.41) is 19.9. The number of nitrogens with one attached hydrogen (secondary N) is 3. The van der Waals surface area contributed by atoms with Crippen LogP contribution in [0.2, 0.25) is 0 Å². The fourth-order valence-electron chi connectivity index (χ4n) is 4.22. The van der Waals surface area contributed by atoms with E-state index in [4.69, 9.17) is 38.2 Å². The van der Waals surface area contributed by atoms with Gasteiger partial charge in [0.15, 0.2) is 5.96 Å². The van der Waals surface area contributed by atoms with Gasteiger partial charge in [0.05, 0.1) is 0 Å². The first-order chi connectivity index (χ1) is 22.4. The lowest BCUT2D eigenvalue weighted by Crippen LogP contribution is -2.56. The van der Waals surface area contributed by atoms with E-state index in [9.17, 15) is 32.3 Å². The number of aliphatic imine (C=N–C) groups is 1. The number of nitrogens with zero attached hydrogens (tertiary/aromatic N) is 2. The molecule has 0 aliphatic rings. The summed E-state index contributed by atoms with van der Waals surface area (Å²) in [6.45, 7) is 0.245. The number of hydrogen-bond donors (Lipinski definition) is 8. The summed E-state index contributed by atoms with van der Waals surface area (Å²) in [7, 11) is 2.87. The molecule has 0 aromatic heterocycles. The van der Waals surface area contributed by atoms with Gasteiger partial charge in [0.2, 0.25) is 23.6 Å². The second kappa shape index (κ2) is 19.1. The number of nitrogens with two attached hydrogens (primary N) is 4. The molecule has 2 unspecified atom stereocenters. The van der Waals surface area contributed by atoms with Gasteiger partial charge < -0.3 is 43.6 Å². The lowest BCUT2D eigenvalue weighted by atomic mass is 9.94. The predicted molar refractivity (Wildman–Crippen MR) is 170 cm³/mol. The third-order valence-electron chi connectivity index (χ3n) is 6.80. The van der Waals surface area contributed by atoms with E-state index in [0.717, 1.165) is 5.56 Å². The summed E-state index contributed by atoms with van der Waals surface area (Å²) in [5.41, 5.74) is 23.7. The molecule has 4 amide bonds. The fraction of sp³-hybridized carbons (Fsp3) is 0.367. The number of carbonyl (C=O) groups excluding carboxylic acids is 4. The molecule has 0 bridgehead atoms. The zero-order valence-electron chi connectivity index (χ0n) is 26.3. The number of benzene rings is 2. The maximum Gasteiger partial charge on any atom is 0.490 e. The van der Waals surface area contributed by atoms with Gasteiger partial charge in [0.1, 0.15) is 23.8 Å². The Bertz CT molecular complexity index is 1450. The maximum atomic E-state index is 13.8. The predicted octanol–water partition coefficient (Wildman–Crippen LogP) is -0.398. The van der Waals surface area contributed by atoms with Crippen LogP contribution in [0, 0.1) is 11.3 Å². The van der Waals surface area contributed by atoms with Gasteiger partial charge in [-0.1, -0.05) is 54.6 Å². The van der Waals surface area contributed by atoms with Crippen molar-refractivity contribution in [2.24, 2.45) is 33.8 Å².